The minimum absolute atomic E-state index is 0.0510. The third-order valence-electron chi connectivity index (χ3n) is 4.31. The van der Waals surface area contributed by atoms with Crippen LogP contribution in [-0.2, 0) is 0 Å². The molecule has 2 aromatic carbocycles. The first kappa shape index (κ1) is 16.9. The first-order valence-electron chi connectivity index (χ1n) is 8.17. The van der Waals surface area contributed by atoms with Gasteiger partial charge in [0.1, 0.15) is 5.69 Å². The van der Waals surface area contributed by atoms with Gasteiger partial charge in [0, 0.05) is 10.0 Å². The minimum Gasteiger partial charge on any atom is -0.292 e. The molecule has 0 saturated heterocycles. The van der Waals surface area contributed by atoms with E-state index >= 15 is 0 Å². The number of hydrogen-bond donors (Lipinski definition) is 2. The molecule has 4 aromatic rings. The van der Waals surface area contributed by atoms with Crippen LogP contribution in [0.3, 0.4) is 0 Å². The Morgan fingerprint density at radius 2 is 1.81 bits per heavy atom. The fourth-order valence-corrected chi connectivity index (χ4v) is 3.66. The van der Waals surface area contributed by atoms with E-state index < -0.39 is 0 Å². The van der Waals surface area contributed by atoms with Gasteiger partial charge in [0.2, 0.25) is 0 Å². The van der Waals surface area contributed by atoms with Crippen molar-refractivity contribution in [2.24, 2.45) is 0 Å². The van der Waals surface area contributed by atoms with Gasteiger partial charge in [-0.15, -0.1) is 0 Å². The fourth-order valence-electron chi connectivity index (χ4n) is 2.97. The van der Waals surface area contributed by atoms with Crippen LogP contribution in [0.4, 0.5) is 0 Å². The predicted octanol–water partition coefficient (Wildman–Crippen LogP) is 5.37. The Balaban J connectivity index is 1.75. The number of nitrogens with zero attached hydrogens (tertiary/aromatic N) is 3. The van der Waals surface area contributed by atoms with E-state index in [0.29, 0.717) is 4.77 Å². The number of hydrogen-bond acceptors (Lipinski definition) is 3. The van der Waals surface area contributed by atoms with Gasteiger partial charge in [-0.2, -0.15) is 10.2 Å². The highest BCUT2D eigenvalue weighted by Crippen LogP contribution is 2.28. The van der Waals surface area contributed by atoms with Gasteiger partial charge in [-0.3, -0.25) is 14.8 Å². The second-order valence-electron chi connectivity index (χ2n) is 5.99. The molecule has 2 aromatic heterocycles. The fraction of sp³-hybridized carbons (Fsp3) is 0.105. The number of nitrogens with one attached hydrogen (secondary N) is 2. The van der Waals surface area contributed by atoms with Crippen molar-refractivity contribution in [1.82, 2.24) is 25.0 Å². The van der Waals surface area contributed by atoms with Crippen LogP contribution in [0.2, 0.25) is 0 Å². The Hall–Kier alpha value is -2.51. The Labute approximate surface area is 164 Å². The second kappa shape index (κ2) is 7.01. The summed E-state index contributed by atoms with van der Waals surface area (Å²) in [5.41, 5.74) is 3.86. The molecule has 0 saturated carbocycles. The van der Waals surface area contributed by atoms with Crippen molar-refractivity contribution in [3.05, 3.63) is 75.5 Å². The molecular formula is C19H16BrN5S. The van der Waals surface area contributed by atoms with Gasteiger partial charge in [0.15, 0.2) is 10.6 Å². The van der Waals surface area contributed by atoms with Gasteiger partial charge in [-0.05, 0) is 42.9 Å². The highest BCUT2D eigenvalue weighted by molar-refractivity contribution is 9.10. The average molecular weight is 426 g/mol. The number of rotatable bonds is 4. The zero-order valence-corrected chi connectivity index (χ0v) is 16.4. The molecule has 7 heteroatoms. The molecule has 1 atom stereocenters. The Morgan fingerprint density at radius 1 is 1.00 bits per heavy atom. The van der Waals surface area contributed by atoms with Crippen LogP contribution < -0.4 is 0 Å². The molecule has 0 bridgehead atoms. The lowest BCUT2D eigenvalue weighted by Gasteiger charge is -2.15. The van der Waals surface area contributed by atoms with E-state index in [1.165, 1.54) is 0 Å². The SMILES string of the molecule is C[C@H](c1ccccc1)n1c(-c2cc(-c3cccc(Br)c3)n[nH]2)n[nH]c1=S. The number of aromatic nitrogens is 5. The summed E-state index contributed by atoms with van der Waals surface area (Å²) in [6.45, 7) is 2.11. The molecule has 0 amide bonds. The van der Waals surface area contributed by atoms with Gasteiger partial charge in [-0.25, -0.2) is 0 Å². The topological polar surface area (TPSA) is 62.3 Å². The molecule has 0 aliphatic carbocycles. The maximum atomic E-state index is 5.47. The molecule has 0 radical (unpaired) electrons. The molecule has 0 unspecified atom stereocenters. The summed E-state index contributed by atoms with van der Waals surface area (Å²) in [7, 11) is 0. The number of aromatic amines is 2. The molecule has 26 heavy (non-hydrogen) atoms. The average Bonchev–Trinajstić information content (AvgIpc) is 3.28. The van der Waals surface area contributed by atoms with Crippen LogP contribution in [0, 0.1) is 4.77 Å². The minimum atomic E-state index is 0.0510. The third-order valence-corrected chi connectivity index (χ3v) is 5.09. The van der Waals surface area contributed by atoms with Crippen LogP contribution in [-0.4, -0.2) is 25.0 Å². The van der Waals surface area contributed by atoms with Gasteiger partial charge < -0.3 is 0 Å². The largest absolute Gasteiger partial charge is 0.292 e. The van der Waals surface area contributed by atoms with E-state index in [1.807, 2.05) is 53.1 Å². The lowest BCUT2D eigenvalue weighted by atomic mass is 10.1. The van der Waals surface area contributed by atoms with E-state index in [4.69, 9.17) is 12.2 Å². The monoisotopic (exact) mass is 425 g/mol. The van der Waals surface area contributed by atoms with Crippen LogP contribution in [0.5, 0.6) is 0 Å². The molecule has 4 rings (SSSR count). The van der Waals surface area contributed by atoms with Gasteiger partial charge >= 0.3 is 0 Å². The summed E-state index contributed by atoms with van der Waals surface area (Å²) < 4.78 is 3.60. The quantitative estimate of drug-likeness (QED) is 0.432. The zero-order valence-electron chi connectivity index (χ0n) is 14.0. The predicted molar refractivity (Wildman–Crippen MR) is 108 cm³/mol. The van der Waals surface area contributed by atoms with Crippen molar-refractivity contribution in [3.8, 4) is 22.8 Å². The first-order chi connectivity index (χ1) is 12.6. The van der Waals surface area contributed by atoms with Crippen molar-refractivity contribution in [2.45, 2.75) is 13.0 Å². The molecule has 0 spiro atoms. The highest BCUT2D eigenvalue weighted by Gasteiger charge is 2.18. The summed E-state index contributed by atoms with van der Waals surface area (Å²) in [5.74, 6) is 0.736. The van der Waals surface area contributed by atoms with Crippen molar-refractivity contribution in [3.63, 3.8) is 0 Å². The smallest absolute Gasteiger partial charge is 0.196 e. The third kappa shape index (κ3) is 3.15. The summed E-state index contributed by atoms with van der Waals surface area (Å²) in [6.07, 6.45) is 0. The lowest BCUT2D eigenvalue weighted by Crippen LogP contribution is -2.08. The van der Waals surface area contributed by atoms with E-state index in [-0.39, 0.29) is 6.04 Å². The molecule has 0 fully saturated rings. The van der Waals surface area contributed by atoms with Crippen molar-refractivity contribution >= 4 is 28.1 Å². The highest BCUT2D eigenvalue weighted by atomic mass is 79.9. The zero-order chi connectivity index (χ0) is 18.1. The first-order valence-corrected chi connectivity index (χ1v) is 9.37. The van der Waals surface area contributed by atoms with Crippen LogP contribution in [0.1, 0.15) is 18.5 Å². The Bertz CT molecular complexity index is 1100. The van der Waals surface area contributed by atoms with E-state index in [2.05, 4.69) is 55.4 Å². The van der Waals surface area contributed by atoms with Gasteiger partial charge in [0.25, 0.3) is 0 Å². The summed E-state index contributed by atoms with van der Waals surface area (Å²) in [4.78, 5) is 0. The molecule has 130 valence electrons. The van der Waals surface area contributed by atoms with E-state index in [9.17, 15) is 0 Å². The molecular weight excluding hydrogens is 410 g/mol. The van der Waals surface area contributed by atoms with Crippen molar-refractivity contribution in [1.29, 1.82) is 0 Å². The molecule has 2 N–H and O–H groups in total. The Morgan fingerprint density at radius 3 is 2.58 bits per heavy atom. The van der Waals surface area contributed by atoms with E-state index in [1.54, 1.807) is 0 Å². The number of halogens is 1. The Kier molecular flexibility index (Phi) is 4.57. The number of benzene rings is 2. The van der Waals surface area contributed by atoms with Crippen LogP contribution in [0.25, 0.3) is 22.8 Å². The van der Waals surface area contributed by atoms with Gasteiger partial charge in [0.05, 0.1) is 11.7 Å². The summed E-state index contributed by atoms with van der Waals surface area (Å²) >= 11 is 8.97. The van der Waals surface area contributed by atoms with Crippen LogP contribution >= 0.6 is 28.1 Å². The van der Waals surface area contributed by atoms with E-state index in [0.717, 1.165) is 32.8 Å². The van der Waals surface area contributed by atoms with Crippen molar-refractivity contribution < 1.29 is 0 Å². The molecule has 0 aliphatic rings. The summed E-state index contributed by atoms with van der Waals surface area (Å²) in [6, 6.07) is 20.3. The van der Waals surface area contributed by atoms with Gasteiger partial charge in [-0.1, -0.05) is 58.4 Å². The maximum absolute atomic E-state index is 5.47. The molecule has 0 aliphatic heterocycles. The maximum Gasteiger partial charge on any atom is 0.196 e. The van der Waals surface area contributed by atoms with Crippen molar-refractivity contribution in [2.75, 3.05) is 0 Å². The standard InChI is InChI=1S/C19H16BrN5S/c1-12(13-6-3-2-4-7-13)25-18(23-24-19(25)26)17-11-16(21-22-17)14-8-5-9-15(20)10-14/h2-12H,1H3,(H,21,22)(H,24,26)/t12-/m1/s1. The normalized spacial score (nSPS) is 12.2. The number of H-pyrrole nitrogens is 2. The lowest BCUT2D eigenvalue weighted by molar-refractivity contribution is 0.634. The summed E-state index contributed by atoms with van der Waals surface area (Å²) in [5, 5.41) is 14.9. The van der Waals surface area contributed by atoms with Crippen LogP contribution in [0.15, 0.2) is 65.1 Å². The molecule has 2 heterocycles. The molecule has 5 nitrogen and oxygen atoms in total. The second-order valence-corrected chi connectivity index (χ2v) is 7.29.